The summed E-state index contributed by atoms with van der Waals surface area (Å²) in [6, 6.07) is 9.47. The molecule has 1 fully saturated rings. The van der Waals surface area contributed by atoms with Gasteiger partial charge >= 0.3 is 0 Å². The van der Waals surface area contributed by atoms with Crippen LogP contribution in [-0.4, -0.2) is 39.4 Å². The Balaban J connectivity index is 1.96. The van der Waals surface area contributed by atoms with Gasteiger partial charge < -0.3 is 5.32 Å². The number of hydrogen-bond acceptors (Lipinski definition) is 3. The van der Waals surface area contributed by atoms with Crippen molar-refractivity contribution >= 4 is 16.1 Å². The van der Waals surface area contributed by atoms with Crippen molar-refractivity contribution in [2.45, 2.75) is 12.8 Å². The summed E-state index contributed by atoms with van der Waals surface area (Å²) in [4.78, 5) is 0. The summed E-state index contributed by atoms with van der Waals surface area (Å²) in [7, 11) is -1.67. The summed E-state index contributed by atoms with van der Waals surface area (Å²) in [5.41, 5.74) is 0.895. The Morgan fingerprint density at radius 3 is 2.55 bits per heavy atom. The van der Waals surface area contributed by atoms with Gasteiger partial charge in [-0.3, -0.25) is 0 Å². The van der Waals surface area contributed by atoms with Crippen molar-refractivity contribution in [3.63, 3.8) is 0 Å². The summed E-state index contributed by atoms with van der Waals surface area (Å²) in [5.74, 6) is 0.459. The van der Waals surface area contributed by atoms with E-state index in [2.05, 4.69) is 5.32 Å². The van der Waals surface area contributed by atoms with E-state index in [-0.39, 0.29) is 0 Å². The maximum Gasteiger partial charge on any atom is 0.235 e. The second-order valence-corrected chi connectivity index (χ2v) is 7.16. The first kappa shape index (κ1) is 15.2. The van der Waals surface area contributed by atoms with Crippen LogP contribution in [0.1, 0.15) is 18.4 Å². The fraction of sp³-hybridized carbons (Fsp3) is 0.467. The molecule has 0 amide bonds. The Kier molecular flexibility index (Phi) is 5.34. The first-order chi connectivity index (χ1) is 9.58. The number of nitrogens with zero attached hydrogens (tertiary/aromatic N) is 1. The maximum absolute atomic E-state index is 12.2. The fourth-order valence-corrected chi connectivity index (χ4v) is 3.32. The molecule has 20 heavy (non-hydrogen) atoms. The predicted octanol–water partition coefficient (Wildman–Crippen LogP) is 1.92. The van der Waals surface area contributed by atoms with E-state index in [1.165, 1.54) is 9.71 Å². The van der Waals surface area contributed by atoms with Crippen LogP contribution in [0.3, 0.4) is 0 Å². The maximum atomic E-state index is 12.2. The molecule has 1 N–H and O–H groups in total. The molecule has 1 heterocycles. The number of hydrogen-bond donors (Lipinski definition) is 1. The van der Waals surface area contributed by atoms with Crippen molar-refractivity contribution in [1.82, 2.24) is 9.62 Å². The van der Waals surface area contributed by atoms with Gasteiger partial charge in [0.25, 0.3) is 0 Å². The summed E-state index contributed by atoms with van der Waals surface area (Å²) >= 11 is 0. The average Bonchev–Trinajstić information content (AvgIpc) is 2.47. The van der Waals surface area contributed by atoms with E-state index in [1.807, 2.05) is 30.3 Å². The normalized spacial score (nSPS) is 17.9. The van der Waals surface area contributed by atoms with Crippen molar-refractivity contribution < 1.29 is 8.42 Å². The van der Waals surface area contributed by atoms with Crippen molar-refractivity contribution in [3.8, 4) is 0 Å². The quantitative estimate of drug-likeness (QED) is 0.902. The smallest absolute Gasteiger partial charge is 0.235 e. The lowest BCUT2D eigenvalue weighted by molar-refractivity contribution is 0.313. The Bertz CT molecular complexity index is 534. The molecule has 2 rings (SSSR count). The van der Waals surface area contributed by atoms with E-state index < -0.39 is 10.0 Å². The summed E-state index contributed by atoms with van der Waals surface area (Å²) in [5, 5.41) is 4.59. The van der Waals surface area contributed by atoms with Crippen molar-refractivity contribution in [2.75, 3.05) is 26.7 Å². The van der Waals surface area contributed by atoms with Crippen molar-refractivity contribution in [2.24, 2.45) is 5.92 Å². The van der Waals surface area contributed by atoms with Gasteiger partial charge in [0.2, 0.25) is 10.0 Å². The van der Waals surface area contributed by atoms with Crippen LogP contribution >= 0.6 is 0 Å². The van der Waals surface area contributed by atoms with Crippen LogP contribution in [-0.2, 0) is 10.0 Å². The number of rotatable bonds is 5. The van der Waals surface area contributed by atoms with Gasteiger partial charge in [-0.15, -0.1) is 0 Å². The van der Waals surface area contributed by atoms with E-state index in [1.54, 1.807) is 13.1 Å². The molecule has 1 aromatic carbocycles. The molecule has 0 spiro atoms. The Morgan fingerprint density at radius 1 is 1.25 bits per heavy atom. The molecule has 1 aliphatic heterocycles. The Morgan fingerprint density at radius 2 is 1.90 bits per heavy atom. The fourth-order valence-electron chi connectivity index (χ4n) is 2.36. The molecule has 110 valence electrons. The molecule has 0 atom stereocenters. The summed E-state index contributed by atoms with van der Waals surface area (Å²) < 4.78 is 25.9. The molecule has 0 saturated carbocycles. The van der Waals surface area contributed by atoms with E-state index >= 15 is 0 Å². The van der Waals surface area contributed by atoms with Crippen LogP contribution in [0.2, 0.25) is 0 Å². The molecule has 4 nitrogen and oxygen atoms in total. The molecular weight excluding hydrogens is 272 g/mol. The predicted molar refractivity (Wildman–Crippen MR) is 82.6 cm³/mol. The number of benzene rings is 1. The van der Waals surface area contributed by atoms with Gasteiger partial charge in [-0.25, -0.2) is 12.7 Å². The van der Waals surface area contributed by atoms with Crippen LogP contribution < -0.4 is 5.32 Å². The monoisotopic (exact) mass is 294 g/mol. The van der Waals surface area contributed by atoms with Gasteiger partial charge in [-0.05, 0) is 43.5 Å². The van der Waals surface area contributed by atoms with Gasteiger partial charge in [-0.2, -0.15) is 0 Å². The minimum atomic E-state index is -3.33. The van der Waals surface area contributed by atoms with Crippen molar-refractivity contribution in [3.05, 3.63) is 41.3 Å². The third-order valence-electron chi connectivity index (χ3n) is 3.64. The summed E-state index contributed by atoms with van der Waals surface area (Å²) in [6.07, 6.45) is 3.73. The SMILES string of the molecule is CN(CC1CCNCC1)S(=O)(=O)C=Cc1ccccc1. The zero-order valence-corrected chi connectivity index (χ0v) is 12.6. The topological polar surface area (TPSA) is 49.4 Å². The number of nitrogens with one attached hydrogen (secondary N) is 1. The highest BCUT2D eigenvalue weighted by Gasteiger charge is 2.20. The highest BCUT2D eigenvalue weighted by atomic mass is 32.2. The molecule has 1 aromatic rings. The zero-order valence-electron chi connectivity index (χ0n) is 11.8. The first-order valence-electron chi connectivity index (χ1n) is 6.98. The van der Waals surface area contributed by atoms with Crippen LogP contribution in [0, 0.1) is 5.92 Å². The van der Waals surface area contributed by atoms with Crippen LogP contribution in [0.15, 0.2) is 35.7 Å². The number of sulfonamides is 1. The highest BCUT2D eigenvalue weighted by molar-refractivity contribution is 7.92. The lowest BCUT2D eigenvalue weighted by Crippen LogP contribution is -2.36. The highest BCUT2D eigenvalue weighted by Crippen LogP contribution is 2.15. The van der Waals surface area contributed by atoms with Crippen LogP contribution in [0.4, 0.5) is 0 Å². The third kappa shape index (κ3) is 4.44. The third-order valence-corrected chi connectivity index (χ3v) is 5.14. The molecule has 0 aliphatic carbocycles. The average molecular weight is 294 g/mol. The second-order valence-electron chi connectivity index (χ2n) is 5.23. The van der Waals surface area contributed by atoms with E-state index in [9.17, 15) is 8.42 Å². The largest absolute Gasteiger partial charge is 0.317 e. The minimum absolute atomic E-state index is 0.459. The minimum Gasteiger partial charge on any atom is -0.317 e. The Labute approximate surface area is 121 Å². The Hall–Kier alpha value is -1.17. The van der Waals surface area contributed by atoms with Gasteiger partial charge in [0.15, 0.2) is 0 Å². The van der Waals surface area contributed by atoms with Crippen molar-refractivity contribution in [1.29, 1.82) is 0 Å². The van der Waals surface area contributed by atoms with Gasteiger partial charge in [-0.1, -0.05) is 30.3 Å². The second kappa shape index (κ2) is 7.02. The molecule has 0 radical (unpaired) electrons. The molecule has 0 aromatic heterocycles. The molecule has 0 unspecified atom stereocenters. The van der Waals surface area contributed by atoms with Gasteiger partial charge in [0, 0.05) is 19.0 Å². The summed E-state index contributed by atoms with van der Waals surface area (Å²) in [6.45, 7) is 2.57. The van der Waals surface area contributed by atoms with E-state index in [4.69, 9.17) is 0 Å². The molecule has 1 aliphatic rings. The molecular formula is C15H22N2O2S. The van der Waals surface area contributed by atoms with E-state index in [0.717, 1.165) is 31.5 Å². The van der Waals surface area contributed by atoms with Crippen LogP contribution in [0.5, 0.6) is 0 Å². The molecule has 1 saturated heterocycles. The van der Waals surface area contributed by atoms with Crippen LogP contribution in [0.25, 0.3) is 6.08 Å². The van der Waals surface area contributed by atoms with E-state index in [0.29, 0.717) is 12.5 Å². The standard InChI is InChI=1S/C15H22N2O2S/c1-17(13-15-7-10-16-11-8-15)20(18,19)12-9-14-5-3-2-4-6-14/h2-6,9,12,15-16H,7-8,10-11,13H2,1H3. The zero-order chi connectivity index (χ0) is 14.4. The first-order valence-corrected chi connectivity index (χ1v) is 8.48. The lowest BCUT2D eigenvalue weighted by atomic mass is 9.98. The van der Waals surface area contributed by atoms with Gasteiger partial charge in [0.05, 0.1) is 0 Å². The lowest BCUT2D eigenvalue weighted by Gasteiger charge is -2.26. The molecule has 5 heteroatoms. The number of piperidine rings is 1. The molecule has 0 bridgehead atoms. The van der Waals surface area contributed by atoms with Gasteiger partial charge in [0.1, 0.15) is 0 Å².